The summed E-state index contributed by atoms with van der Waals surface area (Å²) in [6.07, 6.45) is 3.59. The fourth-order valence-corrected chi connectivity index (χ4v) is 2.41. The number of anilines is 1. The molecule has 0 aliphatic heterocycles. The van der Waals surface area contributed by atoms with E-state index in [1.807, 2.05) is 20.8 Å². The molecule has 9 heteroatoms. The number of sulfonamides is 1. The van der Waals surface area contributed by atoms with Crippen molar-refractivity contribution in [2.45, 2.75) is 26.8 Å². The molecule has 0 saturated carbocycles. The van der Waals surface area contributed by atoms with Crippen LogP contribution in [0.25, 0.3) is 0 Å². The molecule has 0 radical (unpaired) electrons. The van der Waals surface area contributed by atoms with Crippen LogP contribution < -0.4 is 15.4 Å². The van der Waals surface area contributed by atoms with Gasteiger partial charge in [0.15, 0.2) is 0 Å². The van der Waals surface area contributed by atoms with Crippen molar-refractivity contribution in [1.29, 1.82) is 0 Å². The Balaban J connectivity index is 3.01. The van der Waals surface area contributed by atoms with Gasteiger partial charge in [-0.1, -0.05) is 20.8 Å². The van der Waals surface area contributed by atoms with Gasteiger partial charge in [-0.15, -0.1) is 0 Å². The zero-order valence-electron chi connectivity index (χ0n) is 13.8. The molecule has 0 spiro atoms. The molecule has 0 unspecified atom stereocenters. The van der Waals surface area contributed by atoms with E-state index in [4.69, 9.17) is 0 Å². The summed E-state index contributed by atoms with van der Waals surface area (Å²) in [6, 6.07) is 0.610. The van der Waals surface area contributed by atoms with Crippen molar-refractivity contribution < 1.29 is 18.0 Å². The molecule has 3 N–H and O–H groups in total. The van der Waals surface area contributed by atoms with E-state index >= 15 is 0 Å². The Morgan fingerprint density at radius 3 is 2.30 bits per heavy atom. The van der Waals surface area contributed by atoms with Crippen LogP contribution in [0.15, 0.2) is 18.5 Å². The molecular formula is C14H22N4O4S. The number of likely N-dealkylation sites (N-methyl/N-ethyl adjacent to an activating group) is 1. The summed E-state index contributed by atoms with van der Waals surface area (Å²) in [6.45, 7) is 5.48. The molecule has 23 heavy (non-hydrogen) atoms. The first-order valence-electron chi connectivity index (χ1n) is 6.89. The van der Waals surface area contributed by atoms with Crippen molar-refractivity contribution >= 4 is 27.5 Å². The first-order chi connectivity index (χ1) is 10.4. The van der Waals surface area contributed by atoms with Crippen molar-refractivity contribution in [1.82, 2.24) is 15.6 Å². The molecule has 128 valence electrons. The SMILES string of the molecule is CNC(=O)[C@H](NC(=O)c1cncc(NS(C)(=O)=O)c1)C(C)(C)C. The lowest BCUT2D eigenvalue weighted by atomic mass is 9.86. The summed E-state index contributed by atoms with van der Waals surface area (Å²) in [5.41, 5.74) is -0.171. The van der Waals surface area contributed by atoms with Crippen LogP contribution in [0, 0.1) is 5.41 Å². The van der Waals surface area contributed by atoms with Crippen LogP contribution in [0.2, 0.25) is 0 Å². The summed E-state index contributed by atoms with van der Waals surface area (Å²) < 4.78 is 24.7. The molecule has 0 aliphatic rings. The summed E-state index contributed by atoms with van der Waals surface area (Å²) in [4.78, 5) is 28.1. The largest absolute Gasteiger partial charge is 0.357 e. The van der Waals surface area contributed by atoms with E-state index < -0.39 is 27.4 Å². The molecule has 0 aromatic carbocycles. The number of nitrogens with one attached hydrogen (secondary N) is 3. The van der Waals surface area contributed by atoms with Gasteiger partial charge in [0.05, 0.1) is 23.7 Å². The van der Waals surface area contributed by atoms with Gasteiger partial charge in [0.1, 0.15) is 6.04 Å². The number of hydrogen-bond acceptors (Lipinski definition) is 5. The molecule has 0 bridgehead atoms. The number of carbonyl (C=O) groups is 2. The first kappa shape index (κ1) is 18.9. The molecule has 1 heterocycles. The van der Waals surface area contributed by atoms with Crippen LogP contribution in [0.1, 0.15) is 31.1 Å². The summed E-state index contributed by atoms with van der Waals surface area (Å²) >= 11 is 0. The Labute approximate surface area is 136 Å². The molecule has 0 aliphatic carbocycles. The van der Waals surface area contributed by atoms with E-state index in [1.165, 1.54) is 25.5 Å². The summed E-state index contributed by atoms with van der Waals surface area (Å²) in [7, 11) is -1.98. The van der Waals surface area contributed by atoms with Gasteiger partial charge in [-0.3, -0.25) is 19.3 Å². The van der Waals surface area contributed by atoms with Gasteiger partial charge >= 0.3 is 0 Å². The molecule has 1 atom stereocenters. The highest BCUT2D eigenvalue weighted by atomic mass is 32.2. The number of hydrogen-bond donors (Lipinski definition) is 3. The molecule has 1 rings (SSSR count). The molecule has 1 aromatic heterocycles. The second-order valence-electron chi connectivity index (χ2n) is 6.22. The maximum Gasteiger partial charge on any atom is 0.253 e. The third kappa shape index (κ3) is 5.85. The fraction of sp³-hybridized carbons (Fsp3) is 0.500. The monoisotopic (exact) mass is 342 g/mol. The zero-order valence-corrected chi connectivity index (χ0v) is 14.6. The van der Waals surface area contributed by atoms with Crippen LogP contribution in [-0.2, 0) is 14.8 Å². The van der Waals surface area contributed by atoms with Gasteiger partial charge in [-0.2, -0.15) is 0 Å². The number of amides is 2. The van der Waals surface area contributed by atoms with Crippen LogP contribution >= 0.6 is 0 Å². The molecule has 1 aromatic rings. The lowest BCUT2D eigenvalue weighted by Crippen LogP contribution is -2.52. The van der Waals surface area contributed by atoms with Gasteiger partial charge in [-0.05, 0) is 11.5 Å². The van der Waals surface area contributed by atoms with Gasteiger partial charge in [-0.25, -0.2) is 8.42 Å². The van der Waals surface area contributed by atoms with Crippen LogP contribution in [-0.4, -0.2) is 44.6 Å². The molecule has 0 fully saturated rings. The van der Waals surface area contributed by atoms with Crippen LogP contribution in [0.3, 0.4) is 0 Å². The first-order valence-corrected chi connectivity index (χ1v) is 8.78. The minimum atomic E-state index is -3.47. The third-order valence-corrected chi connectivity index (χ3v) is 3.56. The summed E-state index contributed by atoms with van der Waals surface area (Å²) in [5, 5.41) is 5.16. The highest BCUT2D eigenvalue weighted by molar-refractivity contribution is 7.92. The lowest BCUT2D eigenvalue weighted by molar-refractivity contribution is -0.124. The van der Waals surface area contributed by atoms with E-state index in [2.05, 4.69) is 20.3 Å². The van der Waals surface area contributed by atoms with Crippen molar-refractivity contribution in [3.63, 3.8) is 0 Å². The minimum Gasteiger partial charge on any atom is -0.357 e. The van der Waals surface area contributed by atoms with Gasteiger partial charge in [0.25, 0.3) is 5.91 Å². The smallest absolute Gasteiger partial charge is 0.253 e. The van der Waals surface area contributed by atoms with Crippen LogP contribution in [0.5, 0.6) is 0 Å². The summed E-state index contributed by atoms with van der Waals surface area (Å²) in [5.74, 6) is -0.831. The van der Waals surface area contributed by atoms with E-state index in [0.717, 1.165) is 6.26 Å². The second-order valence-corrected chi connectivity index (χ2v) is 7.97. The van der Waals surface area contributed by atoms with Crippen molar-refractivity contribution in [2.24, 2.45) is 5.41 Å². The van der Waals surface area contributed by atoms with Gasteiger partial charge < -0.3 is 10.6 Å². The molecule has 8 nitrogen and oxygen atoms in total. The normalized spacial score (nSPS) is 13.1. The Kier molecular flexibility index (Phi) is 5.70. The second kappa shape index (κ2) is 6.95. The van der Waals surface area contributed by atoms with Gasteiger partial charge in [0.2, 0.25) is 15.9 Å². The van der Waals surface area contributed by atoms with E-state index in [-0.39, 0.29) is 17.2 Å². The fourth-order valence-electron chi connectivity index (χ4n) is 1.87. The van der Waals surface area contributed by atoms with Crippen molar-refractivity contribution in [3.8, 4) is 0 Å². The maximum atomic E-state index is 12.3. The average molecular weight is 342 g/mol. The minimum absolute atomic E-state index is 0.150. The van der Waals surface area contributed by atoms with Crippen molar-refractivity contribution in [3.05, 3.63) is 24.0 Å². The highest BCUT2D eigenvalue weighted by Crippen LogP contribution is 2.20. The Bertz CT molecular complexity index is 695. The Morgan fingerprint density at radius 1 is 1.22 bits per heavy atom. The predicted octanol–water partition coefficient (Wildman–Crippen LogP) is 0.344. The number of carbonyl (C=O) groups excluding carboxylic acids is 2. The Morgan fingerprint density at radius 2 is 1.83 bits per heavy atom. The van der Waals surface area contributed by atoms with Crippen molar-refractivity contribution in [2.75, 3.05) is 18.0 Å². The Hall–Kier alpha value is -2.16. The topological polar surface area (TPSA) is 117 Å². The third-order valence-electron chi connectivity index (χ3n) is 2.95. The molecular weight excluding hydrogens is 320 g/mol. The number of rotatable bonds is 5. The van der Waals surface area contributed by atoms with E-state index in [0.29, 0.717) is 0 Å². The van der Waals surface area contributed by atoms with E-state index in [9.17, 15) is 18.0 Å². The van der Waals surface area contributed by atoms with Gasteiger partial charge in [0, 0.05) is 13.2 Å². The standard InChI is InChI=1S/C14H22N4O4S/c1-14(2,3)11(13(20)15-4)17-12(19)9-6-10(8-16-7-9)18-23(5,21)22/h6-8,11,18H,1-5H3,(H,15,20)(H,17,19)/t11-/m0/s1. The van der Waals surface area contributed by atoms with E-state index in [1.54, 1.807) is 0 Å². The van der Waals surface area contributed by atoms with Crippen LogP contribution in [0.4, 0.5) is 5.69 Å². The molecule has 2 amide bonds. The molecule has 0 saturated heterocycles. The lowest BCUT2D eigenvalue weighted by Gasteiger charge is -2.29. The number of pyridine rings is 1. The highest BCUT2D eigenvalue weighted by Gasteiger charge is 2.32. The average Bonchev–Trinajstić information content (AvgIpc) is 2.40. The number of nitrogens with zero attached hydrogens (tertiary/aromatic N) is 1. The zero-order chi connectivity index (χ0) is 17.8. The quantitative estimate of drug-likeness (QED) is 0.713. The maximum absolute atomic E-state index is 12.3. The number of aromatic nitrogens is 1. The predicted molar refractivity (Wildman–Crippen MR) is 87.5 cm³/mol.